The van der Waals surface area contributed by atoms with Crippen molar-refractivity contribution >= 4 is 39.0 Å². The largest absolute Gasteiger partial charge is 0.455 e. The number of fused-ring (bicyclic) bond motifs is 21. The van der Waals surface area contributed by atoms with Gasteiger partial charge in [-0.05, 0) is 137 Å². The van der Waals surface area contributed by atoms with E-state index in [4.69, 9.17) is 4.42 Å². The van der Waals surface area contributed by atoms with Crippen molar-refractivity contribution in [2.24, 2.45) is 0 Å². The van der Waals surface area contributed by atoms with Gasteiger partial charge in [0.2, 0.25) is 0 Å². The molecule has 0 saturated heterocycles. The molecule has 1 spiro atoms. The fourth-order valence-corrected chi connectivity index (χ4v) is 12.4. The number of hydrogen-bond donors (Lipinski definition) is 0. The number of nitrogens with zero attached hydrogens (tertiary/aromatic N) is 1. The molecule has 0 amide bonds. The van der Waals surface area contributed by atoms with Gasteiger partial charge >= 0.3 is 0 Å². The Balaban J connectivity index is 0.974. The number of furan rings is 1. The van der Waals surface area contributed by atoms with Crippen LogP contribution in [-0.2, 0) is 5.41 Å². The molecule has 0 bridgehead atoms. The fraction of sp³-hybridized carbons (Fsp3) is 0.0149. The van der Waals surface area contributed by atoms with Crippen molar-refractivity contribution in [3.05, 3.63) is 271 Å². The van der Waals surface area contributed by atoms with Gasteiger partial charge in [0.25, 0.3) is 0 Å². The van der Waals surface area contributed by atoms with Gasteiger partial charge in [-0.3, -0.25) is 0 Å². The molecule has 15 rings (SSSR count). The molecule has 2 nitrogen and oxygen atoms in total. The minimum absolute atomic E-state index is 0.474. The van der Waals surface area contributed by atoms with Crippen molar-refractivity contribution < 1.29 is 4.42 Å². The number of hydrogen-bond acceptors (Lipinski definition) is 2. The lowest BCUT2D eigenvalue weighted by molar-refractivity contribution is 0.670. The van der Waals surface area contributed by atoms with Crippen LogP contribution in [0.1, 0.15) is 22.3 Å². The van der Waals surface area contributed by atoms with E-state index in [1.54, 1.807) is 0 Å². The Kier molecular flexibility index (Phi) is 8.02. The zero-order chi connectivity index (χ0) is 45.2. The van der Waals surface area contributed by atoms with E-state index in [1.807, 2.05) is 6.07 Å². The molecule has 0 saturated carbocycles. The third-order valence-electron chi connectivity index (χ3n) is 15.3. The Bertz CT molecular complexity index is 4030. The van der Waals surface area contributed by atoms with Crippen LogP contribution in [0.2, 0.25) is 0 Å². The molecule has 2 heteroatoms. The van der Waals surface area contributed by atoms with Crippen LogP contribution in [0.5, 0.6) is 0 Å². The van der Waals surface area contributed by atoms with Crippen LogP contribution in [0.4, 0.5) is 17.1 Å². The van der Waals surface area contributed by atoms with Crippen LogP contribution < -0.4 is 4.90 Å². The van der Waals surface area contributed by atoms with E-state index in [0.29, 0.717) is 0 Å². The van der Waals surface area contributed by atoms with Gasteiger partial charge in [0, 0.05) is 33.4 Å². The Hall–Kier alpha value is -8.98. The van der Waals surface area contributed by atoms with Crippen LogP contribution in [0.25, 0.3) is 99.8 Å². The van der Waals surface area contributed by atoms with Gasteiger partial charge in [-0.25, -0.2) is 0 Å². The monoisotopic (exact) mass is 875 g/mol. The zero-order valence-electron chi connectivity index (χ0n) is 37.5. The molecule has 69 heavy (non-hydrogen) atoms. The van der Waals surface area contributed by atoms with Gasteiger partial charge in [0.05, 0.1) is 5.41 Å². The fourth-order valence-electron chi connectivity index (χ4n) is 12.4. The summed E-state index contributed by atoms with van der Waals surface area (Å²) in [7, 11) is 0. The standard InChI is InChI=1S/C67H41NO/c1-2-17-48-47(16-1)49-18-3-4-20-51(49)53-38-36-44(40-60(53)52-21-6-5-19-50(48)52)68(43-34-32-42(33-35-43)46-26-15-27-59-58-25-10-14-31-65(58)69-66(46)59)45-37-39-57-56-24-9-13-30-63(56)67(64(57)41-45)61-28-11-7-22-54(61)55-23-8-12-29-62(55)67/h1-41H. The van der Waals surface area contributed by atoms with E-state index in [2.05, 4.69) is 248 Å². The molecule has 1 heterocycles. The lowest BCUT2D eigenvalue weighted by Crippen LogP contribution is -2.26. The van der Waals surface area contributed by atoms with Crippen LogP contribution in [-0.4, -0.2) is 0 Å². The van der Waals surface area contributed by atoms with Crippen LogP contribution in [0, 0.1) is 0 Å². The Labute approximate surface area is 400 Å². The maximum Gasteiger partial charge on any atom is 0.143 e. The number of rotatable bonds is 4. The second-order valence-corrected chi connectivity index (χ2v) is 18.6. The highest BCUT2D eigenvalue weighted by atomic mass is 16.3. The third-order valence-corrected chi connectivity index (χ3v) is 15.3. The molecule has 3 aliphatic carbocycles. The summed E-state index contributed by atoms with van der Waals surface area (Å²) in [4.78, 5) is 2.47. The molecule has 0 atom stereocenters. The Morgan fingerprint density at radius 3 is 1.22 bits per heavy atom. The summed E-state index contributed by atoms with van der Waals surface area (Å²) in [6.07, 6.45) is 0. The van der Waals surface area contributed by atoms with Crippen molar-refractivity contribution in [1.82, 2.24) is 0 Å². The molecule has 11 aromatic carbocycles. The highest BCUT2D eigenvalue weighted by Gasteiger charge is 2.51. The SMILES string of the molecule is c1ccc2c(c1)-c1ccccc1-c1ccc(N(c3ccc(-c4cccc5c4oc4ccccc45)cc3)c3ccc4c(c3)C3(c5ccccc5-c5ccccc53)c3ccccc3-4)cc1-c1ccccc1-2. The first-order valence-corrected chi connectivity index (χ1v) is 23.9. The molecule has 0 aliphatic heterocycles. The molecule has 12 aromatic rings. The summed E-state index contributed by atoms with van der Waals surface area (Å²) in [5.41, 5.74) is 27.1. The van der Waals surface area contributed by atoms with Gasteiger partial charge in [-0.1, -0.05) is 206 Å². The lowest BCUT2D eigenvalue weighted by atomic mass is 9.70. The number of anilines is 3. The minimum Gasteiger partial charge on any atom is -0.455 e. The van der Waals surface area contributed by atoms with Crippen molar-refractivity contribution in [2.75, 3.05) is 4.90 Å². The summed E-state index contributed by atoms with van der Waals surface area (Å²) in [6.45, 7) is 0. The average molecular weight is 876 g/mol. The average Bonchev–Trinajstić information content (AvgIpc) is 4.05. The highest BCUT2D eigenvalue weighted by Crippen LogP contribution is 2.63. The van der Waals surface area contributed by atoms with Crippen LogP contribution in [0.15, 0.2) is 253 Å². The van der Waals surface area contributed by atoms with Crippen molar-refractivity contribution in [3.8, 4) is 77.9 Å². The highest BCUT2D eigenvalue weighted by molar-refractivity contribution is 6.10. The molecular weight excluding hydrogens is 835 g/mol. The minimum atomic E-state index is -0.474. The smallest absolute Gasteiger partial charge is 0.143 e. The second-order valence-electron chi connectivity index (χ2n) is 18.6. The molecule has 0 radical (unpaired) electrons. The topological polar surface area (TPSA) is 16.4 Å². The summed E-state index contributed by atoms with van der Waals surface area (Å²) in [5.74, 6) is 0. The summed E-state index contributed by atoms with van der Waals surface area (Å²) in [5, 5.41) is 2.26. The second kappa shape index (κ2) is 14.5. The molecule has 0 N–H and O–H groups in total. The number of benzene rings is 11. The predicted octanol–water partition coefficient (Wildman–Crippen LogP) is 18.0. The van der Waals surface area contributed by atoms with Gasteiger partial charge in [0.1, 0.15) is 11.2 Å². The van der Waals surface area contributed by atoms with E-state index >= 15 is 0 Å². The maximum absolute atomic E-state index is 6.56. The molecule has 0 unspecified atom stereocenters. The zero-order valence-corrected chi connectivity index (χ0v) is 37.5. The van der Waals surface area contributed by atoms with E-state index < -0.39 is 5.41 Å². The normalized spacial score (nSPS) is 13.0. The van der Waals surface area contributed by atoms with Crippen molar-refractivity contribution in [2.45, 2.75) is 5.41 Å². The van der Waals surface area contributed by atoms with Crippen molar-refractivity contribution in [3.63, 3.8) is 0 Å². The first-order valence-electron chi connectivity index (χ1n) is 23.9. The molecule has 3 aliphatic rings. The van der Waals surface area contributed by atoms with Crippen LogP contribution >= 0.6 is 0 Å². The van der Waals surface area contributed by atoms with Gasteiger partial charge in [0.15, 0.2) is 0 Å². The Morgan fingerprint density at radius 2 is 0.652 bits per heavy atom. The van der Waals surface area contributed by atoms with E-state index in [1.165, 1.54) is 89.0 Å². The van der Waals surface area contributed by atoms with Crippen molar-refractivity contribution in [1.29, 1.82) is 0 Å². The quantitative estimate of drug-likeness (QED) is 0.175. The van der Waals surface area contributed by atoms with E-state index in [0.717, 1.165) is 50.1 Å². The van der Waals surface area contributed by atoms with Crippen LogP contribution in [0.3, 0.4) is 0 Å². The molecule has 1 aromatic heterocycles. The summed E-state index contributed by atoms with van der Waals surface area (Å²) >= 11 is 0. The number of para-hydroxylation sites is 2. The lowest BCUT2D eigenvalue weighted by Gasteiger charge is -2.32. The van der Waals surface area contributed by atoms with E-state index in [9.17, 15) is 0 Å². The first-order chi connectivity index (χ1) is 34.2. The predicted molar refractivity (Wildman–Crippen MR) is 285 cm³/mol. The molecular formula is C67H41NO. The van der Waals surface area contributed by atoms with Gasteiger partial charge < -0.3 is 9.32 Å². The third kappa shape index (κ3) is 5.31. The van der Waals surface area contributed by atoms with Gasteiger partial charge in [-0.15, -0.1) is 0 Å². The maximum atomic E-state index is 6.56. The van der Waals surface area contributed by atoms with E-state index in [-0.39, 0.29) is 0 Å². The molecule has 320 valence electrons. The summed E-state index contributed by atoms with van der Waals surface area (Å²) in [6, 6.07) is 92.1. The van der Waals surface area contributed by atoms with Gasteiger partial charge in [-0.2, -0.15) is 0 Å². The molecule has 0 fully saturated rings. The first kappa shape index (κ1) is 38.2. The Morgan fingerprint density at radius 1 is 0.261 bits per heavy atom. The summed E-state index contributed by atoms with van der Waals surface area (Å²) < 4.78 is 6.56.